The monoisotopic (exact) mass is 261 g/mol. The van der Waals surface area contributed by atoms with E-state index in [0.29, 0.717) is 5.02 Å². The number of benzene rings is 2. The molecule has 2 aromatic carbocycles. The van der Waals surface area contributed by atoms with Crippen molar-refractivity contribution in [1.29, 1.82) is 0 Å². The zero-order valence-electron chi connectivity index (χ0n) is 10.4. The zero-order valence-corrected chi connectivity index (χ0v) is 11.2. The highest BCUT2D eigenvalue weighted by atomic mass is 35.5. The lowest BCUT2D eigenvalue weighted by Gasteiger charge is -2.17. The van der Waals surface area contributed by atoms with E-state index in [2.05, 4.69) is 5.32 Å². The van der Waals surface area contributed by atoms with Crippen LogP contribution in [0, 0.1) is 6.92 Å². The molecule has 0 radical (unpaired) electrons. The Hall–Kier alpha value is -1.67. The molecular formula is C15H16ClNO. The molecule has 1 atom stereocenters. The molecule has 2 nitrogen and oxygen atoms in total. The van der Waals surface area contributed by atoms with Crippen LogP contribution in [0.2, 0.25) is 5.02 Å². The third kappa shape index (κ3) is 2.96. The molecule has 94 valence electrons. The predicted molar refractivity (Wildman–Crippen MR) is 76.3 cm³/mol. The van der Waals surface area contributed by atoms with Crippen LogP contribution in [0.25, 0.3) is 0 Å². The predicted octanol–water partition coefficient (Wildman–Crippen LogP) is 4.53. The average Bonchev–Trinajstić information content (AvgIpc) is 2.34. The highest BCUT2D eigenvalue weighted by Gasteiger charge is 2.08. The van der Waals surface area contributed by atoms with Crippen molar-refractivity contribution < 1.29 is 5.11 Å². The number of nitrogens with one attached hydrogen (secondary N) is 1. The van der Waals surface area contributed by atoms with Gasteiger partial charge in [0.05, 0.1) is 10.7 Å². The first-order chi connectivity index (χ1) is 8.56. The second-order valence-corrected chi connectivity index (χ2v) is 4.85. The lowest BCUT2D eigenvalue weighted by atomic mass is 10.1. The standard InChI is InChI=1S/C15H16ClNO/c1-10-6-7-14(16)15(8-10)17-11(2)12-4-3-5-13(18)9-12/h3-9,11,17-18H,1-2H3. The van der Waals surface area contributed by atoms with E-state index in [1.165, 1.54) is 0 Å². The largest absolute Gasteiger partial charge is 0.508 e. The van der Waals surface area contributed by atoms with Crippen LogP contribution in [0.15, 0.2) is 42.5 Å². The van der Waals surface area contributed by atoms with Gasteiger partial charge in [0.15, 0.2) is 0 Å². The van der Waals surface area contributed by atoms with Gasteiger partial charge in [-0.05, 0) is 49.2 Å². The molecule has 2 N–H and O–H groups in total. The highest BCUT2D eigenvalue weighted by Crippen LogP contribution is 2.28. The fraction of sp³-hybridized carbons (Fsp3) is 0.200. The first kappa shape index (κ1) is 12.8. The average molecular weight is 262 g/mol. The summed E-state index contributed by atoms with van der Waals surface area (Å²) in [5.41, 5.74) is 3.09. The molecule has 1 unspecified atom stereocenters. The van der Waals surface area contributed by atoms with Gasteiger partial charge in [0.2, 0.25) is 0 Å². The molecule has 0 heterocycles. The topological polar surface area (TPSA) is 32.3 Å². The molecular weight excluding hydrogens is 246 g/mol. The number of phenolic OH excluding ortho intramolecular Hbond substituents is 1. The molecule has 0 bridgehead atoms. The Morgan fingerprint density at radius 1 is 1.17 bits per heavy atom. The number of rotatable bonds is 3. The number of aryl methyl sites for hydroxylation is 1. The summed E-state index contributed by atoms with van der Waals surface area (Å²) < 4.78 is 0. The third-order valence-corrected chi connectivity index (χ3v) is 3.19. The smallest absolute Gasteiger partial charge is 0.115 e. The van der Waals surface area contributed by atoms with Crippen molar-refractivity contribution in [3.63, 3.8) is 0 Å². The first-order valence-corrected chi connectivity index (χ1v) is 6.25. The fourth-order valence-corrected chi connectivity index (χ4v) is 2.03. The van der Waals surface area contributed by atoms with Gasteiger partial charge >= 0.3 is 0 Å². The van der Waals surface area contributed by atoms with Gasteiger partial charge in [0, 0.05) is 6.04 Å². The number of anilines is 1. The van der Waals surface area contributed by atoms with Gasteiger partial charge in [-0.3, -0.25) is 0 Å². The van der Waals surface area contributed by atoms with Crippen molar-refractivity contribution in [1.82, 2.24) is 0 Å². The van der Waals surface area contributed by atoms with Gasteiger partial charge in [-0.1, -0.05) is 29.8 Å². The summed E-state index contributed by atoms with van der Waals surface area (Å²) in [6.07, 6.45) is 0. The number of aromatic hydroxyl groups is 1. The normalized spacial score (nSPS) is 12.2. The van der Waals surface area contributed by atoms with E-state index in [0.717, 1.165) is 16.8 Å². The summed E-state index contributed by atoms with van der Waals surface area (Å²) in [7, 11) is 0. The van der Waals surface area contributed by atoms with Crippen molar-refractivity contribution in [2.75, 3.05) is 5.32 Å². The number of phenols is 1. The summed E-state index contributed by atoms with van der Waals surface area (Å²) in [4.78, 5) is 0. The van der Waals surface area contributed by atoms with Crippen LogP contribution >= 0.6 is 11.6 Å². The van der Waals surface area contributed by atoms with Crippen molar-refractivity contribution in [3.05, 3.63) is 58.6 Å². The minimum atomic E-state index is 0.0800. The number of halogens is 1. The van der Waals surface area contributed by atoms with Crippen molar-refractivity contribution in [2.24, 2.45) is 0 Å². The second kappa shape index (κ2) is 5.32. The molecule has 0 aliphatic heterocycles. The molecule has 18 heavy (non-hydrogen) atoms. The Labute approximate surface area is 112 Å². The van der Waals surface area contributed by atoms with E-state index in [-0.39, 0.29) is 11.8 Å². The Kier molecular flexibility index (Phi) is 3.78. The van der Waals surface area contributed by atoms with Crippen molar-refractivity contribution >= 4 is 17.3 Å². The minimum Gasteiger partial charge on any atom is -0.508 e. The number of hydrogen-bond donors (Lipinski definition) is 2. The maximum absolute atomic E-state index is 9.47. The van der Waals surface area contributed by atoms with Crippen LogP contribution in [-0.2, 0) is 0 Å². The van der Waals surface area contributed by atoms with Crippen molar-refractivity contribution in [3.8, 4) is 5.75 Å². The van der Waals surface area contributed by atoms with Crippen LogP contribution in [0.1, 0.15) is 24.1 Å². The molecule has 0 amide bonds. The van der Waals surface area contributed by atoms with Gasteiger partial charge in [-0.25, -0.2) is 0 Å². The van der Waals surface area contributed by atoms with E-state index in [1.807, 2.05) is 44.2 Å². The zero-order chi connectivity index (χ0) is 13.1. The minimum absolute atomic E-state index is 0.0800. The van der Waals surface area contributed by atoms with Gasteiger partial charge in [-0.2, -0.15) is 0 Å². The maximum atomic E-state index is 9.47. The second-order valence-electron chi connectivity index (χ2n) is 4.44. The van der Waals surface area contributed by atoms with E-state index < -0.39 is 0 Å². The van der Waals surface area contributed by atoms with Crippen LogP contribution in [0.3, 0.4) is 0 Å². The van der Waals surface area contributed by atoms with E-state index in [1.54, 1.807) is 12.1 Å². The fourth-order valence-electron chi connectivity index (χ4n) is 1.86. The molecule has 0 saturated carbocycles. The Morgan fingerprint density at radius 3 is 2.67 bits per heavy atom. The summed E-state index contributed by atoms with van der Waals surface area (Å²) in [6, 6.07) is 13.2. The molecule has 0 fully saturated rings. The van der Waals surface area contributed by atoms with Gasteiger partial charge in [0.1, 0.15) is 5.75 Å². The molecule has 2 aromatic rings. The van der Waals surface area contributed by atoms with Crippen LogP contribution in [0.4, 0.5) is 5.69 Å². The Morgan fingerprint density at radius 2 is 1.94 bits per heavy atom. The Bertz CT molecular complexity index is 554. The van der Waals surface area contributed by atoms with Crippen LogP contribution < -0.4 is 5.32 Å². The SMILES string of the molecule is Cc1ccc(Cl)c(NC(C)c2cccc(O)c2)c1. The molecule has 2 rings (SSSR count). The molecule has 0 aromatic heterocycles. The third-order valence-electron chi connectivity index (χ3n) is 2.86. The molecule has 0 spiro atoms. The van der Waals surface area contributed by atoms with Crippen LogP contribution in [-0.4, -0.2) is 5.11 Å². The Balaban J connectivity index is 2.21. The molecule has 0 saturated heterocycles. The summed E-state index contributed by atoms with van der Waals surface area (Å²) in [6.45, 7) is 4.06. The summed E-state index contributed by atoms with van der Waals surface area (Å²) in [5.74, 6) is 0.275. The summed E-state index contributed by atoms with van der Waals surface area (Å²) >= 11 is 6.15. The highest BCUT2D eigenvalue weighted by molar-refractivity contribution is 6.33. The van der Waals surface area contributed by atoms with Gasteiger partial charge in [-0.15, -0.1) is 0 Å². The van der Waals surface area contributed by atoms with Crippen molar-refractivity contribution in [2.45, 2.75) is 19.9 Å². The summed E-state index contributed by atoms with van der Waals surface area (Å²) in [5, 5.41) is 13.5. The molecule has 0 aliphatic rings. The number of hydrogen-bond acceptors (Lipinski definition) is 2. The first-order valence-electron chi connectivity index (χ1n) is 5.88. The quantitative estimate of drug-likeness (QED) is 0.851. The van der Waals surface area contributed by atoms with E-state index in [9.17, 15) is 5.11 Å². The van der Waals surface area contributed by atoms with Crippen LogP contribution in [0.5, 0.6) is 5.75 Å². The molecule has 3 heteroatoms. The van der Waals surface area contributed by atoms with Gasteiger partial charge in [0.25, 0.3) is 0 Å². The molecule has 0 aliphatic carbocycles. The van der Waals surface area contributed by atoms with E-state index >= 15 is 0 Å². The lowest BCUT2D eigenvalue weighted by Crippen LogP contribution is -2.06. The maximum Gasteiger partial charge on any atom is 0.115 e. The van der Waals surface area contributed by atoms with E-state index in [4.69, 9.17) is 11.6 Å². The lowest BCUT2D eigenvalue weighted by molar-refractivity contribution is 0.474. The van der Waals surface area contributed by atoms with Gasteiger partial charge < -0.3 is 10.4 Å².